The van der Waals surface area contributed by atoms with Gasteiger partial charge in [0.2, 0.25) is 0 Å². The van der Waals surface area contributed by atoms with Gasteiger partial charge in [0.05, 0.1) is 6.10 Å². The summed E-state index contributed by atoms with van der Waals surface area (Å²) in [6, 6.07) is 7.79. The molecule has 1 saturated heterocycles. The van der Waals surface area contributed by atoms with Crippen molar-refractivity contribution < 1.29 is 9.84 Å². The average Bonchev–Trinajstić information content (AvgIpc) is 2.92. The lowest BCUT2D eigenvalue weighted by molar-refractivity contribution is 0.164. The molecule has 1 atom stereocenters. The smallest absolute Gasteiger partial charge is 0.125 e. The molecule has 0 aliphatic carbocycles. The number of rotatable bonds is 6. The summed E-state index contributed by atoms with van der Waals surface area (Å²) in [5.41, 5.74) is 0.904. The molecule has 0 bridgehead atoms. The Bertz CT molecular complexity index is 361. The van der Waals surface area contributed by atoms with E-state index in [-0.39, 0.29) is 0 Å². The number of nitrogens with zero attached hydrogens (tertiary/aromatic N) is 1. The predicted octanol–water partition coefficient (Wildman–Crippen LogP) is 2.60. The van der Waals surface area contributed by atoms with Crippen LogP contribution >= 0.6 is 0 Å². The summed E-state index contributed by atoms with van der Waals surface area (Å²) in [5.74, 6) is 0.825. The SMILES string of the molecule is CC[C@@H](O)c1ccccc1OCCN1CCCC1. The van der Waals surface area contributed by atoms with Crippen LogP contribution in [0.4, 0.5) is 0 Å². The van der Waals surface area contributed by atoms with Crippen molar-refractivity contribution in [1.82, 2.24) is 4.90 Å². The van der Waals surface area contributed by atoms with Gasteiger partial charge in [0.25, 0.3) is 0 Å². The highest BCUT2D eigenvalue weighted by Gasteiger charge is 2.13. The minimum atomic E-state index is -0.423. The second kappa shape index (κ2) is 6.76. The summed E-state index contributed by atoms with van der Waals surface area (Å²) < 4.78 is 5.82. The van der Waals surface area contributed by atoms with Crippen LogP contribution in [0.25, 0.3) is 0 Å². The average molecular weight is 249 g/mol. The van der Waals surface area contributed by atoms with Crippen molar-refractivity contribution in [3.05, 3.63) is 29.8 Å². The molecule has 0 saturated carbocycles. The van der Waals surface area contributed by atoms with E-state index in [1.807, 2.05) is 31.2 Å². The lowest BCUT2D eigenvalue weighted by Crippen LogP contribution is -2.25. The van der Waals surface area contributed by atoms with Crippen LogP contribution in [-0.4, -0.2) is 36.2 Å². The van der Waals surface area contributed by atoms with Crippen LogP contribution in [0.5, 0.6) is 5.75 Å². The van der Waals surface area contributed by atoms with E-state index in [1.165, 1.54) is 25.9 Å². The van der Waals surface area contributed by atoms with Crippen LogP contribution in [0.2, 0.25) is 0 Å². The maximum absolute atomic E-state index is 9.93. The van der Waals surface area contributed by atoms with Gasteiger partial charge in [-0.1, -0.05) is 25.1 Å². The van der Waals surface area contributed by atoms with Crippen molar-refractivity contribution in [3.63, 3.8) is 0 Å². The Morgan fingerprint density at radius 2 is 2.00 bits per heavy atom. The molecule has 1 heterocycles. The fraction of sp³-hybridized carbons (Fsp3) is 0.600. The molecule has 0 unspecified atom stereocenters. The van der Waals surface area contributed by atoms with Gasteiger partial charge >= 0.3 is 0 Å². The summed E-state index contributed by atoms with van der Waals surface area (Å²) in [6.07, 6.45) is 2.91. The molecular weight excluding hydrogens is 226 g/mol. The largest absolute Gasteiger partial charge is 0.492 e. The molecule has 2 rings (SSSR count). The van der Waals surface area contributed by atoms with Gasteiger partial charge in [0, 0.05) is 12.1 Å². The molecule has 1 aliphatic heterocycles. The summed E-state index contributed by atoms with van der Waals surface area (Å²) in [4.78, 5) is 2.43. The minimum absolute atomic E-state index is 0.423. The van der Waals surface area contributed by atoms with Crippen LogP contribution in [0, 0.1) is 0 Å². The third-order valence-electron chi connectivity index (χ3n) is 3.53. The van der Waals surface area contributed by atoms with E-state index in [9.17, 15) is 5.11 Å². The molecule has 0 aromatic heterocycles. The second-order valence-corrected chi connectivity index (χ2v) is 4.86. The molecule has 0 spiro atoms. The number of hydrogen-bond acceptors (Lipinski definition) is 3. The summed E-state index contributed by atoms with van der Waals surface area (Å²) in [5, 5.41) is 9.93. The molecule has 100 valence electrons. The number of ether oxygens (including phenoxy) is 1. The zero-order valence-corrected chi connectivity index (χ0v) is 11.1. The first-order valence-corrected chi connectivity index (χ1v) is 6.93. The number of hydrogen-bond donors (Lipinski definition) is 1. The lowest BCUT2D eigenvalue weighted by Gasteiger charge is -2.18. The molecule has 1 aromatic carbocycles. The van der Waals surface area contributed by atoms with E-state index in [4.69, 9.17) is 4.74 Å². The Labute approximate surface area is 109 Å². The summed E-state index contributed by atoms with van der Waals surface area (Å²) in [6.45, 7) is 6.06. The predicted molar refractivity (Wildman–Crippen MR) is 72.9 cm³/mol. The first-order chi connectivity index (χ1) is 8.81. The van der Waals surface area contributed by atoms with Gasteiger partial charge in [0.1, 0.15) is 12.4 Å². The molecule has 1 aliphatic rings. The van der Waals surface area contributed by atoms with Crippen molar-refractivity contribution in [2.24, 2.45) is 0 Å². The first kappa shape index (κ1) is 13.4. The Morgan fingerprint density at radius 3 is 2.72 bits per heavy atom. The molecule has 0 radical (unpaired) electrons. The molecule has 1 fully saturated rings. The van der Waals surface area contributed by atoms with Crippen molar-refractivity contribution in [2.75, 3.05) is 26.2 Å². The summed E-state index contributed by atoms with van der Waals surface area (Å²) in [7, 11) is 0. The Hall–Kier alpha value is -1.06. The van der Waals surface area contributed by atoms with Crippen LogP contribution in [0.3, 0.4) is 0 Å². The summed E-state index contributed by atoms with van der Waals surface area (Å²) >= 11 is 0. The van der Waals surface area contributed by atoms with E-state index in [1.54, 1.807) is 0 Å². The second-order valence-electron chi connectivity index (χ2n) is 4.86. The maximum atomic E-state index is 9.93. The maximum Gasteiger partial charge on any atom is 0.125 e. The number of benzene rings is 1. The third kappa shape index (κ3) is 3.47. The quantitative estimate of drug-likeness (QED) is 0.841. The number of aliphatic hydroxyl groups excluding tert-OH is 1. The monoisotopic (exact) mass is 249 g/mol. The Kier molecular flexibility index (Phi) is 5.02. The molecule has 1 aromatic rings. The van der Waals surface area contributed by atoms with Gasteiger partial charge in [-0.25, -0.2) is 0 Å². The van der Waals surface area contributed by atoms with Crippen LogP contribution in [0.1, 0.15) is 37.9 Å². The van der Waals surface area contributed by atoms with E-state index < -0.39 is 6.10 Å². The molecular formula is C15H23NO2. The number of para-hydroxylation sites is 1. The molecule has 0 amide bonds. The van der Waals surface area contributed by atoms with Gasteiger partial charge in [-0.05, 0) is 38.4 Å². The normalized spacial score (nSPS) is 17.9. The van der Waals surface area contributed by atoms with Crippen molar-refractivity contribution in [3.8, 4) is 5.75 Å². The Morgan fingerprint density at radius 1 is 1.28 bits per heavy atom. The third-order valence-corrected chi connectivity index (χ3v) is 3.53. The molecule has 3 nitrogen and oxygen atoms in total. The lowest BCUT2D eigenvalue weighted by atomic mass is 10.1. The number of likely N-dealkylation sites (tertiary alicyclic amines) is 1. The standard InChI is InChI=1S/C15H23NO2/c1-2-14(17)13-7-3-4-8-15(13)18-12-11-16-9-5-6-10-16/h3-4,7-8,14,17H,2,5-6,9-12H2,1H3/t14-/m1/s1. The van der Waals surface area contributed by atoms with Gasteiger partial charge in [0.15, 0.2) is 0 Å². The fourth-order valence-corrected chi connectivity index (χ4v) is 2.40. The topological polar surface area (TPSA) is 32.7 Å². The fourth-order valence-electron chi connectivity index (χ4n) is 2.40. The Balaban J connectivity index is 1.87. The van der Waals surface area contributed by atoms with Crippen molar-refractivity contribution >= 4 is 0 Å². The van der Waals surface area contributed by atoms with Gasteiger partial charge in [-0.3, -0.25) is 4.90 Å². The molecule has 18 heavy (non-hydrogen) atoms. The zero-order valence-electron chi connectivity index (χ0n) is 11.1. The highest BCUT2D eigenvalue weighted by atomic mass is 16.5. The van der Waals surface area contributed by atoms with Crippen molar-refractivity contribution in [1.29, 1.82) is 0 Å². The van der Waals surface area contributed by atoms with Crippen LogP contribution < -0.4 is 4.74 Å². The molecule has 3 heteroatoms. The highest BCUT2D eigenvalue weighted by molar-refractivity contribution is 5.34. The van der Waals surface area contributed by atoms with E-state index in [0.717, 1.165) is 17.9 Å². The first-order valence-electron chi connectivity index (χ1n) is 6.93. The van der Waals surface area contributed by atoms with Gasteiger partial charge < -0.3 is 9.84 Å². The highest BCUT2D eigenvalue weighted by Crippen LogP contribution is 2.26. The van der Waals surface area contributed by atoms with Crippen molar-refractivity contribution in [2.45, 2.75) is 32.3 Å². The van der Waals surface area contributed by atoms with E-state index in [0.29, 0.717) is 13.0 Å². The van der Waals surface area contributed by atoms with Gasteiger partial charge in [-0.2, -0.15) is 0 Å². The molecule has 1 N–H and O–H groups in total. The zero-order chi connectivity index (χ0) is 12.8. The van der Waals surface area contributed by atoms with Gasteiger partial charge in [-0.15, -0.1) is 0 Å². The van der Waals surface area contributed by atoms with E-state index >= 15 is 0 Å². The van der Waals surface area contributed by atoms with Crippen LogP contribution in [-0.2, 0) is 0 Å². The van der Waals surface area contributed by atoms with Crippen LogP contribution in [0.15, 0.2) is 24.3 Å². The number of aliphatic hydroxyl groups is 1. The van der Waals surface area contributed by atoms with E-state index in [2.05, 4.69) is 4.90 Å². The minimum Gasteiger partial charge on any atom is -0.492 e.